The summed E-state index contributed by atoms with van der Waals surface area (Å²) in [6, 6.07) is 10.7. The summed E-state index contributed by atoms with van der Waals surface area (Å²) in [4.78, 5) is 8.10. The van der Waals surface area contributed by atoms with Gasteiger partial charge in [0.05, 0.1) is 0 Å². The number of hydrogen-bond donors (Lipinski definition) is 2. The first-order chi connectivity index (χ1) is 8.77. The van der Waals surface area contributed by atoms with Crippen molar-refractivity contribution in [1.29, 1.82) is 0 Å². The zero-order chi connectivity index (χ0) is 12.8. The topological polar surface area (TPSA) is 103 Å². The van der Waals surface area contributed by atoms with E-state index in [1.807, 2.05) is 12.1 Å². The van der Waals surface area contributed by atoms with Crippen molar-refractivity contribution in [2.75, 3.05) is 0 Å². The molecular formula is C12H12N6. The zero-order valence-corrected chi connectivity index (χ0v) is 9.56. The molecule has 2 rings (SSSR count). The first-order valence-electron chi connectivity index (χ1n) is 5.27. The quantitative estimate of drug-likeness (QED) is 0.463. The van der Waals surface area contributed by atoms with E-state index in [0.717, 1.165) is 0 Å². The molecule has 6 nitrogen and oxygen atoms in total. The number of nitrogens with two attached hydrogens (primary N) is 2. The standard InChI is InChI=1S/C12H12N6/c13-11(9-5-1-3-7-15-9)17-18-12(14)10-6-2-4-8-16-10/h1-8H,(H2,13,17)(H2,14,18). The summed E-state index contributed by atoms with van der Waals surface area (Å²) in [5.74, 6) is 0.406. The lowest BCUT2D eigenvalue weighted by Crippen LogP contribution is -2.17. The maximum absolute atomic E-state index is 5.73. The van der Waals surface area contributed by atoms with Gasteiger partial charge in [-0.1, -0.05) is 12.1 Å². The van der Waals surface area contributed by atoms with Gasteiger partial charge in [0.15, 0.2) is 11.7 Å². The van der Waals surface area contributed by atoms with E-state index >= 15 is 0 Å². The molecule has 0 radical (unpaired) electrons. The lowest BCUT2D eigenvalue weighted by atomic mass is 10.3. The largest absolute Gasteiger partial charge is 0.380 e. The van der Waals surface area contributed by atoms with Gasteiger partial charge in [-0.25, -0.2) is 0 Å². The molecule has 0 unspecified atom stereocenters. The highest BCUT2D eigenvalue weighted by Crippen LogP contribution is 1.96. The average molecular weight is 240 g/mol. The second-order valence-electron chi connectivity index (χ2n) is 3.40. The minimum Gasteiger partial charge on any atom is -0.380 e. The molecule has 0 fully saturated rings. The molecule has 18 heavy (non-hydrogen) atoms. The molecule has 0 amide bonds. The van der Waals surface area contributed by atoms with Crippen molar-refractivity contribution in [3.63, 3.8) is 0 Å². The Labute approximate surface area is 104 Å². The molecule has 0 saturated heterocycles. The predicted octanol–water partition coefficient (Wildman–Crippen LogP) is 0.502. The molecule has 0 atom stereocenters. The summed E-state index contributed by atoms with van der Waals surface area (Å²) >= 11 is 0. The third-order valence-electron chi connectivity index (χ3n) is 2.12. The molecule has 6 heteroatoms. The van der Waals surface area contributed by atoms with Crippen LogP contribution in [0.1, 0.15) is 11.4 Å². The lowest BCUT2D eigenvalue weighted by molar-refractivity contribution is 1.16. The summed E-state index contributed by atoms with van der Waals surface area (Å²) < 4.78 is 0. The first-order valence-corrected chi connectivity index (χ1v) is 5.27. The molecule has 0 aliphatic rings. The fourth-order valence-electron chi connectivity index (χ4n) is 1.24. The van der Waals surface area contributed by atoms with E-state index in [4.69, 9.17) is 11.5 Å². The molecule has 2 heterocycles. The van der Waals surface area contributed by atoms with Crippen LogP contribution in [0, 0.1) is 0 Å². The van der Waals surface area contributed by atoms with Crippen molar-refractivity contribution in [2.24, 2.45) is 21.7 Å². The summed E-state index contributed by atoms with van der Waals surface area (Å²) in [5, 5.41) is 7.65. The van der Waals surface area contributed by atoms with Gasteiger partial charge in [-0.15, -0.1) is 10.2 Å². The van der Waals surface area contributed by atoms with Gasteiger partial charge in [-0.2, -0.15) is 0 Å². The summed E-state index contributed by atoms with van der Waals surface area (Å²) in [7, 11) is 0. The smallest absolute Gasteiger partial charge is 0.172 e. The van der Waals surface area contributed by atoms with Gasteiger partial charge < -0.3 is 11.5 Å². The highest BCUT2D eigenvalue weighted by molar-refractivity contribution is 5.98. The van der Waals surface area contributed by atoms with E-state index in [2.05, 4.69) is 20.2 Å². The van der Waals surface area contributed by atoms with Crippen molar-refractivity contribution in [1.82, 2.24) is 9.97 Å². The van der Waals surface area contributed by atoms with E-state index in [0.29, 0.717) is 11.4 Å². The molecule has 2 aromatic heterocycles. The number of hydrogen-bond acceptors (Lipinski definition) is 4. The minimum atomic E-state index is 0.203. The minimum absolute atomic E-state index is 0.203. The molecule has 0 saturated carbocycles. The summed E-state index contributed by atoms with van der Waals surface area (Å²) in [6.45, 7) is 0. The molecule has 90 valence electrons. The van der Waals surface area contributed by atoms with Crippen LogP contribution < -0.4 is 11.5 Å². The van der Waals surface area contributed by atoms with Gasteiger partial charge in [-0.05, 0) is 24.3 Å². The fourth-order valence-corrected chi connectivity index (χ4v) is 1.24. The maximum atomic E-state index is 5.73. The second kappa shape index (κ2) is 5.53. The van der Waals surface area contributed by atoms with Crippen LogP contribution in [0.2, 0.25) is 0 Å². The number of nitrogens with zero attached hydrogens (tertiary/aromatic N) is 4. The van der Waals surface area contributed by atoms with E-state index in [1.165, 1.54) is 0 Å². The first kappa shape index (κ1) is 11.7. The van der Waals surface area contributed by atoms with Crippen LogP contribution >= 0.6 is 0 Å². The Hall–Kier alpha value is -2.76. The number of rotatable bonds is 3. The number of amidine groups is 2. The highest BCUT2D eigenvalue weighted by atomic mass is 15.3. The van der Waals surface area contributed by atoms with Gasteiger partial charge in [-0.3, -0.25) is 9.97 Å². The van der Waals surface area contributed by atoms with Gasteiger partial charge in [0, 0.05) is 12.4 Å². The fraction of sp³-hybridized carbons (Fsp3) is 0. The molecule has 2 aromatic rings. The van der Waals surface area contributed by atoms with Crippen LogP contribution in [0.25, 0.3) is 0 Å². The summed E-state index contributed by atoms with van der Waals surface area (Å²) in [5.41, 5.74) is 12.6. The SMILES string of the molecule is NC(=NN=C(N)c1ccccn1)c1ccccn1. The number of pyridine rings is 2. The molecule has 4 N–H and O–H groups in total. The Morgan fingerprint density at radius 3 is 1.56 bits per heavy atom. The molecule has 0 spiro atoms. The van der Waals surface area contributed by atoms with Gasteiger partial charge >= 0.3 is 0 Å². The molecule has 0 aliphatic heterocycles. The van der Waals surface area contributed by atoms with Crippen LogP contribution in [-0.4, -0.2) is 21.6 Å². The van der Waals surface area contributed by atoms with Crippen molar-refractivity contribution < 1.29 is 0 Å². The molecular weight excluding hydrogens is 228 g/mol. The monoisotopic (exact) mass is 240 g/mol. The van der Waals surface area contributed by atoms with E-state index in [-0.39, 0.29) is 11.7 Å². The Morgan fingerprint density at radius 1 is 0.778 bits per heavy atom. The Morgan fingerprint density at radius 2 is 1.22 bits per heavy atom. The summed E-state index contributed by atoms with van der Waals surface area (Å²) in [6.07, 6.45) is 3.26. The molecule has 0 aliphatic carbocycles. The van der Waals surface area contributed by atoms with Crippen LogP contribution in [0.4, 0.5) is 0 Å². The van der Waals surface area contributed by atoms with E-state index < -0.39 is 0 Å². The van der Waals surface area contributed by atoms with Crippen LogP contribution in [0.15, 0.2) is 59.0 Å². The highest BCUT2D eigenvalue weighted by Gasteiger charge is 2.00. The zero-order valence-electron chi connectivity index (χ0n) is 9.56. The van der Waals surface area contributed by atoms with Crippen molar-refractivity contribution in [3.05, 3.63) is 60.2 Å². The lowest BCUT2D eigenvalue weighted by Gasteiger charge is -1.98. The second-order valence-corrected chi connectivity index (χ2v) is 3.40. The molecule has 0 aromatic carbocycles. The maximum Gasteiger partial charge on any atom is 0.172 e. The third-order valence-corrected chi connectivity index (χ3v) is 2.12. The van der Waals surface area contributed by atoms with Crippen LogP contribution in [-0.2, 0) is 0 Å². The van der Waals surface area contributed by atoms with Crippen molar-refractivity contribution in [2.45, 2.75) is 0 Å². The van der Waals surface area contributed by atoms with Crippen molar-refractivity contribution >= 4 is 11.7 Å². The Bertz CT molecular complexity index is 508. The Kier molecular flexibility index (Phi) is 3.60. The van der Waals surface area contributed by atoms with Crippen LogP contribution in [0.3, 0.4) is 0 Å². The number of aromatic nitrogens is 2. The van der Waals surface area contributed by atoms with Crippen molar-refractivity contribution in [3.8, 4) is 0 Å². The van der Waals surface area contributed by atoms with Gasteiger partial charge in [0.25, 0.3) is 0 Å². The third kappa shape index (κ3) is 2.88. The average Bonchev–Trinajstić information content (AvgIpc) is 2.46. The molecule has 0 bridgehead atoms. The van der Waals surface area contributed by atoms with Gasteiger partial charge in [0.1, 0.15) is 11.4 Å². The predicted molar refractivity (Wildman–Crippen MR) is 69.9 cm³/mol. The van der Waals surface area contributed by atoms with E-state index in [9.17, 15) is 0 Å². The van der Waals surface area contributed by atoms with Gasteiger partial charge in [0.2, 0.25) is 0 Å². The Balaban J connectivity index is 2.20. The van der Waals surface area contributed by atoms with E-state index in [1.54, 1.807) is 36.7 Å². The normalized spacial score (nSPS) is 12.4. The van der Waals surface area contributed by atoms with Crippen LogP contribution in [0.5, 0.6) is 0 Å².